The van der Waals surface area contributed by atoms with Crippen LogP contribution in [-0.4, -0.2) is 74.9 Å². The Morgan fingerprint density at radius 2 is 1.62 bits per heavy atom. The number of pyridine rings is 1. The minimum atomic E-state index is -2.86. The number of ether oxygens (including phenoxy) is 2. The lowest BCUT2D eigenvalue weighted by molar-refractivity contribution is -0.396. The highest BCUT2D eigenvalue weighted by Gasteiger charge is 2.60. The van der Waals surface area contributed by atoms with Crippen LogP contribution in [0, 0.1) is 10.1 Å². The summed E-state index contributed by atoms with van der Waals surface area (Å²) in [5.74, 6) is 0.216. The maximum atomic E-state index is 11.9. The molecule has 4 aromatic heterocycles. The lowest BCUT2D eigenvalue weighted by Crippen LogP contribution is -2.65. The number of benzene rings is 2. The molecule has 0 radical (unpaired) electrons. The predicted octanol–water partition coefficient (Wildman–Crippen LogP) is 8.74. The number of nitrogens with zero attached hydrogens (tertiary/aromatic N) is 8. The highest BCUT2D eigenvalue weighted by atomic mass is 28.5. The van der Waals surface area contributed by atoms with Gasteiger partial charge in [-0.1, -0.05) is 90.7 Å². The van der Waals surface area contributed by atoms with Gasteiger partial charge in [0.05, 0.1) is 37.3 Å². The zero-order valence-electron chi connectivity index (χ0n) is 34.4. The molecule has 2 fully saturated rings. The fraction of sp³-hybridized carbons (Fsp3) is 0.475. The fourth-order valence-corrected chi connectivity index (χ4v) is 19.8. The summed E-state index contributed by atoms with van der Waals surface area (Å²) in [6.07, 6.45) is 2.82. The van der Waals surface area contributed by atoms with E-state index in [1.165, 1.54) is 4.57 Å². The van der Waals surface area contributed by atoms with E-state index in [1.54, 1.807) is 31.7 Å². The Morgan fingerprint density at radius 3 is 2.31 bits per heavy atom. The Balaban J connectivity index is 1.20. The van der Waals surface area contributed by atoms with Crippen molar-refractivity contribution in [3.63, 3.8) is 0 Å². The Bertz CT molecular complexity index is 2460. The third-order valence-corrected chi connectivity index (χ3v) is 21.8. The SMILES string of the molecule is CC(C)[Si]1(C(C)C)OC[C@H]2O[C@@H](n3cnc4c(OCc5ccccc5)nc(Nc5cc6c(nc([N+](=O)[O-])n6C)c6cccnc56)nc43)C[C@@H]2O[Si](C(C)C)(C(C)C)O1. The number of imidazole rings is 2. The van der Waals surface area contributed by atoms with Crippen molar-refractivity contribution in [2.75, 3.05) is 11.9 Å². The van der Waals surface area contributed by atoms with Crippen LogP contribution in [0.4, 0.5) is 17.6 Å². The van der Waals surface area contributed by atoms with Crippen molar-refractivity contribution in [3.05, 3.63) is 76.7 Å². The molecule has 2 aliphatic rings. The third kappa shape index (κ3) is 6.84. The zero-order valence-corrected chi connectivity index (χ0v) is 36.4. The first-order valence-electron chi connectivity index (χ1n) is 20.0. The zero-order chi connectivity index (χ0) is 41.1. The average Bonchev–Trinajstić information content (AvgIpc) is 3.89. The third-order valence-electron chi connectivity index (χ3n) is 11.6. The van der Waals surface area contributed by atoms with E-state index in [9.17, 15) is 10.1 Å². The highest BCUT2D eigenvalue weighted by Crippen LogP contribution is 2.48. The van der Waals surface area contributed by atoms with Gasteiger partial charge < -0.3 is 37.9 Å². The van der Waals surface area contributed by atoms with E-state index in [-0.39, 0.29) is 58.8 Å². The lowest BCUT2D eigenvalue weighted by Gasteiger charge is -2.51. The molecule has 3 atom stereocenters. The van der Waals surface area contributed by atoms with Crippen LogP contribution >= 0.6 is 0 Å². The first-order valence-corrected chi connectivity index (χ1v) is 23.9. The number of aryl methyl sites for hydroxylation is 1. The minimum Gasteiger partial charge on any atom is -0.471 e. The monoisotopic (exact) mass is 825 g/mol. The van der Waals surface area contributed by atoms with Crippen molar-refractivity contribution >= 4 is 67.8 Å². The minimum absolute atomic E-state index is 0.181. The first kappa shape index (κ1) is 39.9. The second kappa shape index (κ2) is 15.4. The number of nitrogens with one attached hydrogen (secondary N) is 1. The van der Waals surface area contributed by atoms with Crippen molar-refractivity contribution in [2.24, 2.45) is 7.05 Å². The van der Waals surface area contributed by atoms with Crippen LogP contribution in [0.5, 0.6) is 5.88 Å². The van der Waals surface area contributed by atoms with Gasteiger partial charge in [-0.3, -0.25) is 9.55 Å². The van der Waals surface area contributed by atoms with Crippen LogP contribution in [0.1, 0.15) is 73.6 Å². The molecule has 0 saturated carbocycles. The molecule has 8 rings (SSSR count). The number of rotatable bonds is 11. The number of hydrogen-bond donors (Lipinski definition) is 1. The van der Waals surface area contributed by atoms with Crippen molar-refractivity contribution in [3.8, 4) is 5.88 Å². The molecule has 2 saturated heterocycles. The van der Waals surface area contributed by atoms with Gasteiger partial charge in [0, 0.05) is 24.1 Å². The summed E-state index contributed by atoms with van der Waals surface area (Å²) < 4.78 is 38.4. The number of anilines is 2. The molecular weight excluding hydrogens is 775 g/mol. The summed E-state index contributed by atoms with van der Waals surface area (Å²) in [7, 11) is -4.01. The van der Waals surface area contributed by atoms with E-state index in [2.05, 4.69) is 70.7 Å². The maximum Gasteiger partial charge on any atom is 0.435 e. The van der Waals surface area contributed by atoms with Crippen molar-refractivity contribution in [2.45, 2.75) is 109 Å². The summed E-state index contributed by atoms with van der Waals surface area (Å²) in [4.78, 5) is 35.0. The fourth-order valence-electron chi connectivity index (χ4n) is 8.55. The summed E-state index contributed by atoms with van der Waals surface area (Å²) in [6.45, 7) is 18.3. The van der Waals surface area contributed by atoms with E-state index in [0.717, 1.165) is 5.56 Å². The molecule has 2 aliphatic heterocycles. The number of fused-ring (bicyclic) bond motifs is 5. The Hall–Kier alpha value is -4.86. The second-order valence-electron chi connectivity index (χ2n) is 16.5. The Kier molecular flexibility index (Phi) is 10.6. The molecule has 6 aromatic rings. The van der Waals surface area contributed by atoms with Crippen LogP contribution in [0.15, 0.2) is 61.1 Å². The molecule has 0 unspecified atom stereocenters. The normalized spacial score (nSPS) is 20.7. The van der Waals surface area contributed by atoms with Gasteiger partial charge in [0.1, 0.15) is 24.5 Å². The molecular formula is C40H51N9O7Si2. The number of hydrogen-bond acceptors (Lipinski definition) is 13. The largest absolute Gasteiger partial charge is 0.471 e. The van der Waals surface area contributed by atoms with Crippen LogP contribution < -0.4 is 10.1 Å². The molecule has 18 heteroatoms. The summed E-state index contributed by atoms with van der Waals surface area (Å²) in [5, 5.41) is 15.9. The maximum absolute atomic E-state index is 11.9. The molecule has 0 aliphatic carbocycles. The average molecular weight is 826 g/mol. The molecule has 0 amide bonds. The van der Waals surface area contributed by atoms with E-state index < -0.39 is 28.3 Å². The van der Waals surface area contributed by atoms with Gasteiger partial charge >= 0.3 is 23.1 Å². The van der Waals surface area contributed by atoms with Gasteiger partial charge in [-0.15, -0.1) is 0 Å². The van der Waals surface area contributed by atoms with Crippen LogP contribution in [0.2, 0.25) is 22.2 Å². The molecule has 306 valence electrons. The Labute approximate surface area is 338 Å². The van der Waals surface area contributed by atoms with Crippen molar-refractivity contribution in [1.82, 2.24) is 34.1 Å². The first-order chi connectivity index (χ1) is 27.7. The van der Waals surface area contributed by atoms with Crippen LogP contribution in [0.3, 0.4) is 0 Å². The van der Waals surface area contributed by atoms with Crippen LogP contribution in [0.25, 0.3) is 33.1 Å². The van der Waals surface area contributed by atoms with Gasteiger partial charge in [-0.2, -0.15) is 9.97 Å². The molecule has 1 N–H and O–H groups in total. The van der Waals surface area contributed by atoms with Gasteiger partial charge in [0.15, 0.2) is 16.7 Å². The quantitative estimate of drug-likeness (QED) is 0.0746. The molecule has 2 aromatic carbocycles. The molecule has 0 bridgehead atoms. The van der Waals surface area contributed by atoms with E-state index in [4.69, 9.17) is 37.4 Å². The summed E-state index contributed by atoms with van der Waals surface area (Å²) in [6, 6.07) is 15.2. The lowest BCUT2D eigenvalue weighted by atomic mass is 10.1. The molecule has 58 heavy (non-hydrogen) atoms. The van der Waals surface area contributed by atoms with E-state index >= 15 is 0 Å². The Morgan fingerprint density at radius 1 is 0.897 bits per heavy atom. The van der Waals surface area contributed by atoms with Gasteiger partial charge in [0.25, 0.3) is 0 Å². The van der Waals surface area contributed by atoms with Gasteiger partial charge in [-0.25, -0.2) is 9.55 Å². The molecule has 6 heterocycles. The smallest absolute Gasteiger partial charge is 0.435 e. The van der Waals surface area contributed by atoms with E-state index in [1.807, 2.05) is 41.0 Å². The number of aromatic nitrogens is 7. The topological polar surface area (TPSA) is 176 Å². The van der Waals surface area contributed by atoms with Crippen molar-refractivity contribution < 1.29 is 27.4 Å². The standard InChI is InChI=1S/C40H51N9O7Si2/c1-23(2)57(24(3)4)53-21-32-31(55-58(56-57,25(5)6)26(7)8)19-33(54-32)48-22-42-36-37(48)45-39(46-38(36)52-20-27-14-11-10-12-15-27)43-29-18-30-35(28-16-13-17-41-34(28)29)44-40(47(30)9)49(50)51/h10-18,22-26,31-33H,19-21H2,1-9H3,(H,43,45,46)/t31-,32+,33+/m0/s1. The van der Waals surface area contributed by atoms with Gasteiger partial charge in [-0.05, 0) is 44.8 Å². The summed E-state index contributed by atoms with van der Waals surface area (Å²) in [5.41, 5.74) is 4.81. The summed E-state index contributed by atoms with van der Waals surface area (Å²) >= 11 is 0. The number of nitro groups is 1. The van der Waals surface area contributed by atoms with Crippen LogP contribution in [-0.2, 0) is 31.4 Å². The highest BCUT2D eigenvalue weighted by molar-refractivity contribution is 6.84. The van der Waals surface area contributed by atoms with Crippen molar-refractivity contribution in [1.29, 1.82) is 0 Å². The molecule has 16 nitrogen and oxygen atoms in total. The molecule has 0 spiro atoms. The van der Waals surface area contributed by atoms with Gasteiger partial charge in [0.2, 0.25) is 11.8 Å². The van der Waals surface area contributed by atoms with E-state index in [0.29, 0.717) is 51.8 Å². The second-order valence-corrected chi connectivity index (χ2v) is 25.3. The predicted molar refractivity (Wildman–Crippen MR) is 224 cm³/mol.